The molecule has 0 amide bonds. The van der Waals surface area contributed by atoms with E-state index in [0.717, 1.165) is 42.4 Å². The number of hydrogen-bond acceptors (Lipinski definition) is 4. The van der Waals surface area contributed by atoms with Gasteiger partial charge in [-0.15, -0.1) is 0 Å². The summed E-state index contributed by atoms with van der Waals surface area (Å²) in [6.45, 7) is 7.62. The van der Waals surface area contributed by atoms with E-state index in [0.29, 0.717) is 6.04 Å². The van der Waals surface area contributed by atoms with Gasteiger partial charge >= 0.3 is 0 Å². The van der Waals surface area contributed by atoms with Gasteiger partial charge in [-0.05, 0) is 38.6 Å². The van der Waals surface area contributed by atoms with Crippen molar-refractivity contribution < 1.29 is 0 Å². The van der Waals surface area contributed by atoms with Gasteiger partial charge in [0.2, 0.25) is 0 Å². The molecular formula is C16H29N3OS. The van der Waals surface area contributed by atoms with Crippen LogP contribution in [0.3, 0.4) is 0 Å². The Bertz CT molecular complexity index is 447. The van der Waals surface area contributed by atoms with Crippen LogP contribution in [0, 0.1) is 0 Å². The first-order valence-corrected chi connectivity index (χ1v) is 9.14. The molecule has 2 N–H and O–H groups in total. The number of thioether (sulfide) groups is 1. The molecule has 0 aromatic carbocycles. The highest BCUT2D eigenvalue weighted by Gasteiger charge is 2.06. The van der Waals surface area contributed by atoms with Gasteiger partial charge in [-0.3, -0.25) is 4.79 Å². The smallest absolute Gasteiger partial charge is 0.251 e. The summed E-state index contributed by atoms with van der Waals surface area (Å²) in [5.74, 6) is 1.00. The predicted octanol–water partition coefficient (Wildman–Crippen LogP) is 3.37. The molecule has 0 aliphatic rings. The summed E-state index contributed by atoms with van der Waals surface area (Å²) in [6.07, 6.45) is 6.56. The summed E-state index contributed by atoms with van der Waals surface area (Å²) in [5, 5.41) is 4.33. The van der Waals surface area contributed by atoms with E-state index in [2.05, 4.69) is 36.1 Å². The Morgan fingerprint density at radius 2 is 2.14 bits per heavy atom. The number of aromatic nitrogens is 2. The highest BCUT2D eigenvalue weighted by atomic mass is 32.2. The molecule has 1 heterocycles. The highest BCUT2D eigenvalue weighted by Crippen LogP contribution is 2.15. The van der Waals surface area contributed by atoms with Crippen LogP contribution in [0.5, 0.6) is 0 Å². The quantitative estimate of drug-likeness (QED) is 0.374. The molecule has 1 atom stereocenters. The highest BCUT2D eigenvalue weighted by molar-refractivity contribution is 7.99. The van der Waals surface area contributed by atoms with E-state index in [4.69, 9.17) is 0 Å². The molecule has 0 saturated carbocycles. The van der Waals surface area contributed by atoms with E-state index in [-0.39, 0.29) is 5.56 Å². The van der Waals surface area contributed by atoms with Crippen molar-refractivity contribution in [2.45, 2.75) is 70.5 Å². The minimum Gasteiger partial charge on any atom is -0.314 e. The summed E-state index contributed by atoms with van der Waals surface area (Å²) >= 11 is 1.66. The van der Waals surface area contributed by atoms with Crippen molar-refractivity contribution in [1.29, 1.82) is 0 Å². The Morgan fingerprint density at radius 3 is 2.81 bits per heavy atom. The fourth-order valence-electron chi connectivity index (χ4n) is 2.23. The van der Waals surface area contributed by atoms with Gasteiger partial charge in [0.25, 0.3) is 5.56 Å². The van der Waals surface area contributed by atoms with Gasteiger partial charge in [0.1, 0.15) is 0 Å². The normalized spacial score (nSPS) is 12.5. The maximum Gasteiger partial charge on any atom is 0.251 e. The largest absolute Gasteiger partial charge is 0.314 e. The summed E-state index contributed by atoms with van der Waals surface area (Å²) in [7, 11) is 0. The lowest BCUT2D eigenvalue weighted by molar-refractivity contribution is 0.465. The minimum atomic E-state index is -0.0352. The van der Waals surface area contributed by atoms with Crippen LogP contribution in [-0.4, -0.2) is 28.3 Å². The van der Waals surface area contributed by atoms with E-state index in [9.17, 15) is 4.79 Å². The first kappa shape index (κ1) is 18.2. The molecule has 0 bridgehead atoms. The topological polar surface area (TPSA) is 57.8 Å². The Morgan fingerprint density at radius 1 is 1.33 bits per heavy atom. The lowest BCUT2D eigenvalue weighted by atomic mass is 10.1. The monoisotopic (exact) mass is 311 g/mol. The number of hydrogen-bond donors (Lipinski definition) is 2. The van der Waals surface area contributed by atoms with E-state index in [1.165, 1.54) is 19.3 Å². The average Bonchev–Trinajstić information content (AvgIpc) is 2.46. The molecule has 4 nitrogen and oxygen atoms in total. The first-order chi connectivity index (χ1) is 10.2. The molecule has 0 spiro atoms. The maximum atomic E-state index is 11.6. The van der Waals surface area contributed by atoms with E-state index in [1.807, 2.05) is 0 Å². The summed E-state index contributed by atoms with van der Waals surface area (Å²) in [6, 6.07) is 2.22. The molecule has 0 saturated heterocycles. The van der Waals surface area contributed by atoms with Gasteiger partial charge in [0, 0.05) is 23.6 Å². The molecule has 21 heavy (non-hydrogen) atoms. The third-order valence-electron chi connectivity index (χ3n) is 3.39. The van der Waals surface area contributed by atoms with Gasteiger partial charge in [-0.1, -0.05) is 39.0 Å². The molecule has 120 valence electrons. The molecule has 1 aromatic heterocycles. The predicted molar refractivity (Wildman–Crippen MR) is 91.2 cm³/mol. The molecule has 1 unspecified atom stereocenters. The number of aryl methyl sites for hydroxylation is 1. The number of nitrogens with one attached hydrogen (secondary N) is 2. The number of aromatic amines is 1. The summed E-state index contributed by atoms with van der Waals surface area (Å²) < 4.78 is 0. The third-order valence-corrected chi connectivity index (χ3v) is 4.35. The Labute approximate surface area is 132 Å². The van der Waals surface area contributed by atoms with Crippen molar-refractivity contribution in [2.24, 2.45) is 0 Å². The van der Waals surface area contributed by atoms with Crippen LogP contribution in [0.15, 0.2) is 16.0 Å². The van der Waals surface area contributed by atoms with Crippen LogP contribution < -0.4 is 10.9 Å². The Hall–Kier alpha value is -0.810. The molecule has 0 radical (unpaired) electrons. The van der Waals surface area contributed by atoms with E-state index < -0.39 is 0 Å². The lowest BCUT2D eigenvalue weighted by Crippen LogP contribution is -2.29. The standard InChI is InChI=1S/C16H29N3OS/c1-4-8-14-12-15(20)19-16(18-14)21-11-7-9-13(6-3)17-10-5-2/h12-13,17H,4-11H2,1-3H3,(H,18,19,20). The minimum absolute atomic E-state index is 0.0352. The Balaban J connectivity index is 2.36. The molecule has 0 fully saturated rings. The van der Waals surface area contributed by atoms with Crippen molar-refractivity contribution in [1.82, 2.24) is 15.3 Å². The molecule has 5 heteroatoms. The molecular weight excluding hydrogens is 282 g/mol. The fraction of sp³-hybridized carbons (Fsp3) is 0.750. The molecule has 1 rings (SSSR count). The van der Waals surface area contributed by atoms with Gasteiger partial charge in [-0.25, -0.2) is 4.98 Å². The second kappa shape index (κ2) is 10.9. The molecule has 0 aliphatic carbocycles. The van der Waals surface area contributed by atoms with Crippen molar-refractivity contribution in [3.63, 3.8) is 0 Å². The van der Waals surface area contributed by atoms with E-state index >= 15 is 0 Å². The number of rotatable bonds is 11. The van der Waals surface area contributed by atoms with Gasteiger partial charge < -0.3 is 10.3 Å². The summed E-state index contributed by atoms with van der Waals surface area (Å²) in [5.41, 5.74) is 0.867. The second-order valence-electron chi connectivity index (χ2n) is 5.34. The van der Waals surface area contributed by atoms with Crippen LogP contribution in [0.4, 0.5) is 0 Å². The number of nitrogens with zero attached hydrogens (tertiary/aromatic N) is 1. The van der Waals surface area contributed by atoms with Crippen molar-refractivity contribution in [2.75, 3.05) is 12.3 Å². The first-order valence-electron chi connectivity index (χ1n) is 8.16. The molecule has 1 aromatic rings. The van der Waals surface area contributed by atoms with E-state index in [1.54, 1.807) is 17.8 Å². The van der Waals surface area contributed by atoms with Crippen LogP contribution in [0.25, 0.3) is 0 Å². The van der Waals surface area contributed by atoms with Gasteiger partial charge in [0.15, 0.2) is 5.16 Å². The number of H-pyrrole nitrogens is 1. The summed E-state index contributed by atoms with van der Waals surface area (Å²) in [4.78, 5) is 18.9. The second-order valence-corrected chi connectivity index (χ2v) is 6.43. The van der Waals surface area contributed by atoms with Crippen LogP contribution >= 0.6 is 11.8 Å². The SMILES string of the molecule is CCCNC(CC)CCCSc1nc(CCC)cc(=O)[nH]1. The van der Waals surface area contributed by atoms with Crippen LogP contribution in [0.1, 0.15) is 58.6 Å². The zero-order valence-corrected chi connectivity index (χ0v) is 14.4. The van der Waals surface area contributed by atoms with Crippen LogP contribution in [-0.2, 0) is 6.42 Å². The fourth-order valence-corrected chi connectivity index (χ4v) is 3.09. The lowest BCUT2D eigenvalue weighted by Gasteiger charge is -2.15. The zero-order valence-electron chi connectivity index (χ0n) is 13.6. The van der Waals surface area contributed by atoms with Crippen molar-refractivity contribution >= 4 is 11.8 Å². The Kier molecular flexibility index (Phi) is 9.42. The average molecular weight is 311 g/mol. The van der Waals surface area contributed by atoms with Gasteiger partial charge in [-0.2, -0.15) is 0 Å². The van der Waals surface area contributed by atoms with Crippen LogP contribution in [0.2, 0.25) is 0 Å². The van der Waals surface area contributed by atoms with Crippen molar-refractivity contribution in [3.8, 4) is 0 Å². The zero-order chi connectivity index (χ0) is 15.5. The van der Waals surface area contributed by atoms with Crippen molar-refractivity contribution in [3.05, 3.63) is 22.1 Å². The maximum absolute atomic E-state index is 11.6. The molecule has 0 aliphatic heterocycles. The van der Waals surface area contributed by atoms with Gasteiger partial charge in [0.05, 0.1) is 0 Å². The third kappa shape index (κ3) is 7.67.